The third kappa shape index (κ3) is 4.61. The minimum atomic E-state index is 0.164. The Bertz CT molecular complexity index is 800. The molecule has 0 spiro atoms. The molecule has 1 aromatic rings. The average Bonchev–Trinajstić information content (AvgIpc) is 3.27. The van der Waals surface area contributed by atoms with E-state index in [1.165, 1.54) is 12.8 Å². The molecular formula is C23H31Cl2N3O3. The Morgan fingerprint density at radius 3 is 2.39 bits per heavy atom. The number of hydrogen-bond acceptors (Lipinski definition) is 5. The summed E-state index contributed by atoms with van der Waals surface area (Å²) in [5.74, 6) is 0.775. The molecular weight excluding hydrogens is 437 g/mol. The normalized spacial score (nSPS) is 30.3. The van der Waals surface area contributed by atoms with Crippen molar-refractivity contribution in [2.75, 3.05) is 59.2 Å². The molecule has 4 saturated heterocycles. The number of rotatable bonds is 5. The van der Waals surface area contributed by atoms with Crippen LogP contribution >= 0.6 is 23.2 Å². The Morgan fingerprint density at radius 1 is 0.935 bits per heavy atom. The van der Waals surface area contributed by atoms with Gasteiger partial charge >= 0.3 is 0 Å². The first-order chi connectivity index (χ1) is 15.1. The molecule has 1 amide bonds. The monoisotopic (exact) mass is 467 g/mol. The molecule has 4 heterocycles. The number of nitrogens with zero attached hydrogens (tertiary/aromatic N) is 3. The highest BCUT2D eigenvalue weighted by atomic mass is 35.5. The van der Waals surface area contributed by atoms with E-state index >= 15 is 0 Å². The Kier molecular flexibility index (Phi) is 6.75. The molecule has 1 aromatic carbocycles. The lowest BCUT2D eigenvalue weighted by Crippen LogP contribution is -2.72. The van der Waals surface area contributed by atoms with E-state index in [9.17, 15) is 4.79 Å². The number of amides is 1. The van der Waals surface area contributed by atoms with E-state index in [1.807, 2.05) is 12.1 Å². The van der Waals surface area contributed by atoms with Crippen LogP contribution in [0.4, 0.5) is 0 Å². The molecule has 0 radical (unpaired) electrons. The van der Waals surface area contributed by atoms with Crippen LogP contribution in [0.2, 0.25) is 10.0 Å². The van der Waals surface area contributed by atoms with Gasteiger partial charge in [-0.2, -0.15) is 0 Å². The van der Waals surface area contributed by atoms with Gasteiger partial charge in [-0.05, 0) is 43.6 Å². The average molecular weight is 468 g/mol. The van der Waals surface area contributed by atoms with Crippen molar-refractivity contribution in [3.63, 3.8) is 0 Å². The summed E-state index contributed by atoms with van der Waals surface area (Å²) in [6, 6.07) is 6.16. The molecule has 0 bridgehead atoms. The fraction of sp³-hybridized carbons (Fsp3) is 0.696. The van der Waals surface area contributed by atoms with E-state index in [0.717, 1.165) is 51.5 Å². The zero-order chi connectivity index (χ0) is 21.4. The van der Waals surface area contributed by atoms with Gasteiger partial charge in [-0.15, -0.1) is 0 Å². The molecule has 31 heavy (non-hydrogen) atoms. The minimum absolute atomic E-state index is 0.164. The molecule has 5 rings (SSSR count). The maximum Gasteiger partial charge on any atom is 0.227 e. The third-order valence-corrected chi connectivity index (χ3v) is 8.03. The summed E-state index contributed by atoms with van der Waals surface area (Å²) in [5, 5.41) is 1.02. The summed E-state index contributed by atoms with van der Waals surface area (Å²) >= 11 is 12.3. The van der Waals surface area contributed by atoms with Crippen molar-refractivity contribution in [2.45, 2.75) is 37.4 Å². The van der Waals surface area contributed by atoms with Crippen LogP contribution in [-0.2, 0) is 20.7 Å². The number of piperazine rings is 1. The second-order valence-corrected chi connectivity index (χ2v) is 10.1. The summed E-state index contributed by atoms with van der Waals surface area (Å²) in [6.45, 7) is 7.99. The van der Waals surface area contributed by atoms with Crippen molar-refractivity contribution in [3.05, 3.63) is 33.8 Å². The summed E-state index contributed by atoms with van der Waals surface area (Å²) in [4.78, 5) is 20.8. The van der Waals surface area contributed by atoms with E-state index in [-0.39, 0.29) is 24.0 Å². The number of fused-ring (bicyclic) bond motifs is 1. The number of ether oxygens (including phenoxy) is 2. The minimum Gasteiger partial charge on any atom is -0.381 e. The molecule has 0 saturated carbocycles. The van der Waals surface area contributed by atoms with Gasteiger partial charge in [-0.25, -0.2) is 0 Å². The van der Waals surface area contributed by atoms with Gasteiger partial charge in [0.2, 0.25) is 5.91 Å². The fourth-order valence-electron chi connectivity index (χ4n) is 5.61. The molecule has 6 nitrogen and oxygen atoms in total. The highest BCUT2D eigenvalue weighted by Crippen LogP contribution is 2.31. The predicted octanol–water partition coefficient (Wildman–Crippen LogP) is 2.56. The topological polar surface area (TPSA) is 45.3 Å². The van der Waals surface area contributed by atoms with Crippen molar-refractivity contribution in [2.24, 2.45) is 5.92 Å². The lowest BCUT2D eigenvalue weighted by Gasteiger charge is -2.55. The molecule has 4 aliphatic rings. The van der Waals surface area contributed by atoms with Crippen LogP contribution in [0.3, 0.4) is 0 Å². The SMILES string of the molecule is O=C(Cc1ccc(Cl)c(Cl)c1)N1CCN(CC2COC2)C2COC[C@H](N3CCCC3)[C@H]21. The van der Waals surface area contributed by atoms with Crippen molar-refractivity contribution < 1.29 is 14.3 Å². The largest absolute Gasteiger partial charge is 0.381 e. The van der Waals surface area contributed by atoms with E-state index in [4.69, 9.17) is 32.7 Å². The summed E-state index contributed by atoms with van der Waals surface area (Å²) in [7, 11) is 0. The van der Waals surface area contributed by atoms with Crippen molar-refractivity contribution in [3.8, 4) is 0 Å². The zero-order valence-electron chi connectivity index (χ0n) is 17.8. The van der Waals surface area contributed by atoms with Gasteiger partial charge in [0.1, 0.15) is 0 Å². The molecule has 8 heteroatoms. The highest BCUT2D eigenvalue weighted by molar-refractivity contribution is 6.42. The number of carbonyl (C=O) groups excluding carboxylic acids is 1. The molecule has 0 N–H and O–H groups in total. The Balaban J connectivity index is 1.37. The molecule has 3 atom stereocenters. The van der Waals surface area contributed by atoms with Gasteiger partial charge in [0, 0.05) is 25.6 Å². The molecule has 0 aliphatic carbocycles. The standard InChI is InChI=1S/C23H31Cl2N3O3/c24-18-4-3-16(9-19(18)25)10-22(29)28-8-7-27(11-17-12-30-13-17)21-15-31-14-20(23(21)28)26-5-1-2-6-26/h3-4,9,17,20-21,23H,1-2,5-8,10-15H2/t20-,21?,23+/m0/s1. The summed E-state index contributed by atoms with van der Waals surface area (Å²) < 4.78 is 11.5. The van der Waals surface area contributed by atoms with Gasteiger partial charge in [-0.1, -0.05) is 29.3 Å². The first-order valence-electron chi connectivity index (χ1n) is 11.5. The van der Waals surface area contributed by atoms with Crippen molar-refractivity contribution in [1.82, 2.24) is 14.7 Å². The molecule has 0 aromatic heterocycles. The number of carbonyl (C=O) groups is 1. The second-order valence-electron chi connectivity index (χ2n) is 9.32. The predicted molar refractivity (Wildman–Crippen MR) is 121 cm³/mol. The van der Waals surface area contributed by atoms with Gasteiger partial charge in [0.25, 0.3) is 0 Å². The Labute approximate surface area is 194 Å². The quantitative estimate of drug-likeness (QED) is 0.665. The first-order valence-corrected chi connectivity index (χ1v) is 12.2. The van der Waals surface area contributed by atoms with Gasteiger partial charge < -0.3 is 14.4 Å². The fourth-order valence-corrected chi connectivity index (χ4v) is 5.93. The molecule has 1 unspecified atom stereocenters. The molecule has 170 valence electrons. The first kappa shape index (κ1) is 21.9. The molecule has 4 aliphatic heterocycles. The van der Waals surface area contributed by atoms with Crippen LogP contribution in [0.1, 0.15) is 18.4 Å². The van der Waals surface area contributed by atoms with Crippen molar-refractivity contribution in [1.29, 1.82) is 0 Å². The molecule has 4 fully saturated rings. The van der Waals surface area contributed by atoms with E-state index in [0.29, 0.717) is 35.6 Å². The zero-order valence-corrected chi connectivity index (χ0v) is 19.4. The highest BCUT2D eigenvalue weighted by Gasteiger charge is 2.48. The Hall–Kier alpha value is -0.890. The van der Waals surface area contributed by atoms with Gasteiger partial charge in [0.05, 0.1) is 61.0 Å². The lowest BCUT2D eigenvalue weighted by molar-refractivity contribution is -0.156. The van der Waals surface area contributed by atoms with Crippen molar-refractivity contribution >= 4 is 29.1 Å². The van der Waals surface area contributed by atoms with Crippen LogP contribution in [0.5, 0.6) is 0 Å². The smallest absolute Gasteiger partial charge is 0.227 e. The van der Waals surface area contributed by atoms with E-state index < -0.39 is 0 Å². The number of benzene rings is 1. The second kappa shape index (κ2) is 9.54. The third-order valence-electron chi connectivity index (χ3n) is 7.29. The lowest BCUT2D eigenvalue weighted by atomic mass is 9.90. The summed E-state index contributed by atoms with van der Waals surface area (Å²) in [6.07, 6.45) is 2.81. The maximum atomic E-state index is 13.5. The van der Waals surface area contributed by atoms with Crippen LogP contribution in [-0.4, -0.2) is 97.9 Å². The Morgan fingerprint density at radius 2 is 1.68 bits per heavy atom. The number of likely N-dealkylation sites (tertiary alicyclic amines) is 1. The van der Waals surface area contributed by atoms with E-state index in [1.54, 1.807) is 6.07 Å². The maximum absolute atomic E-state index is 13.5. The van der Waals surface area contributed by atoms with Crippen LogP contribution in [0.15, 0.2) is 18.2 Å². The van der Waals surface area contributed by atoms with Gasteiger partial charge in [0.15, 0.2) is 0 Å². The summed E-state index contributed by atoms with van der Waals surface area (Å²) in [5.41, 5.74) is 0.912. The number of halogens is 2. The van der Waals surface area contributed by atoms with Gasteiger partial charge in [-0.3, -0.25) is 14.6 Å². The number of hydrogen-bond donors (Lipinski definition) is 0. The van der Waals surface area contributed by atoms with Crippen LogP contribution < -0.4 is 0 Å². The van der Waals surface area contributed by atoms with Crippen LogP contribution in [0, 0.1) is 5.92 Å². The van der Waals surface area contributed by atoms with E-state index in [2.05, 4.69) is 14.7 Å². The van der Waals surface area contributed by atoms with Crippen LogP contribution in [0.25, 0.3) is 0 Å².